The second-order valence-corrected chi connectivity index (χ2v) is 10.7. The highest BCUT2D eigenvalue weighted by Crippen LogP contribution is 2.17. The Morgan fingerprint density at radius 1 is 0.649 bits per heavy atom. The van der Waals surface area contributed by atoms with Gasteiger partial charge in [0, 0.05) is 6.04 Å². The first-order chi connectivity index (χ1) is 17.9. The second kappa shape index (κ2) is 25.2. The maximum atomic E-state index is 12.6. The quantitative estimate of drug-likeness (QED) is 0.0699. The summed E-state index contributed by atoms with van der Waals surface area (Å²) >= 11 is 0. The number of unbranched alkanes of at least 4 members (excludes halogenated alkanes) is 16. The van der Waals surface area contributed by atoms with Crippen molar-refractivity contribution >= 4 is 5.91 Å². The standard InChI is InChI=1S/C29H58N2O6/c1-3-5-7-9-11-13-15-17-19-21-24(22-20-18-16-14-12-10-8-6-4-2)30-29(36)28(35)27(34)26(33)25(23-32)31-37/h24-28,32-35H,3-23H2,1-2H3,(H,30,36). The van der Waals surface area contributed by atoms with Gasteiger partial charge in [0.25, 0.3) is 5.91 Å². The maximum Gasteiger partial charge on any atom is 0.251 e. The molecule has 220 valence electrons. The van der Waals surface area contributed by atoms with Crippen LogP contribution in [0.1, 0.15) is 142 Å². The van der Waals surface area contributed by atoms with E-state index < -0.39 is 36.9 Å². The summed E-state index contributed by atoms with van der Waals surface area (Å²) in [5.74, 6) is -0.772. The van der Waals surface area contributed by atoms with E-state index in [9.17, 15) is 25.0 Å². The van der Waals surface area contributed by atoms with Gasteiger partial charge in [-0.2, -0.15) is 4.91 Å². The summed E-state index contributed by atoms with van der Waals surface area (Å²) in [5.41, 5.74) is 0. The van der Waals surface area contributed by atoms with Crippen LogP contribution in [-0.4, -0.2) is 63.3 Å². The lowest BCUT2D eigenvalue weighted by molar-refractivity contribution is -0.142. The molecule has 0 heterocycles. The SMILES string of the molecule is CCCCCCCCCCCC(CCCCCCCCCCC)NC(=O)C(O)C(O)C(O)C(CO)N=O. The molecular weight excluding hydrogens is 472 g/mol. The first-order valence-electron chi connectivity index (χ1n) is 15.2. The molecule has 0 aromatic heterocycles. The number of rotatable bonds is 27. The highest BCUT2D eigenvalue weighted by atomic mass is 16.4. The summed E-state index contributed by atoms with van der Waals surface area (Å²) in [7, 11) is 0. The van der Waals surface area contributed by atoms with Gasteiger partial charge in [0.1, 0.15) is 18.2 Å². The minimum Gasteiger partial charge on any atom is -0.394 e. The maximum absolute atomic E-state index is 12.6. The molecule has 4 unspecified atom stereocenters. The van der Waals surface area contributed by atoms with Gasteiger partial charge in [-0.05, 0) is 12.8 Å². The van der Waals surface area contributed by atoms with Gasteiger partial charge in [-0.3, -0.25) is 4.79 Å². The average molecular weight is 531 g/mol. The lowest BCUT2D eigenvalue weighted by atomic mass is 9.98. The monoisotopic (exact) mass is 530 g/mol. The highest BCUT2D eigenvalue weighted by Gasteiger charge is 2.36. The molecule has 0 spiro atoms. The molecular formula is C29H58N2O6. The topological polar surface area (TPSA) is 139 Å². The molecule has 0 aromatic rings. The number of nitrogens with one attached hydrogen (secondary N) is 1. The Morgan fingerprint density at radius 2 is 1.03 bits per heavy atom. The number of nitroso groups, excluding NO2 is 1. The van der Waals surface area contributed by atoms with Crippen LogP contribution in [0.5, 0.6) is 0 Å². The van der Waals surface area contributed by atoms with Gasteiger partial charge in [-0.25, -0.2) is 0 Å². The van der Waals surface area contributed by atoms with Crippen LogP contribution in [0.15, 0.2) is 5.18 Å². The van der Waals surface area contributed by atoms with Gasteiger partial charge in [0.2, 0.25) is 0 Å². The Morgan fingerprint density at radius 3 is 1.38 bits per heavy atom. The molecule has 0 aliphatic rings. The number of carbonyl (C=O) groups is 1. The second-order valence-electron chi connectivity index (χ2n) is 10.7. The Bertz CT molecular complexity index is 515. The first-order valence-corrected chi connectivity index (χ1v) is 15.2. The number of hydrogen-bond acceptors (Lipinski definition) is 7. The number of hydrogen-bond donors (Lipinski definition) is 5. The first kappa shape index (κ1) is 35.9. The number of carbonyl (C=O) groups excluding carboxylic acids is 1. The molecule has 8 heteroatoms. The van der Waals surface area contributed by atoms with Crippen LogP contribution in [0.3, 0.4) is 0 Å². The molecule has 0 fully saturated rings. The number of aliphatic hydroxyl groups is 4. The highest BCUT2D eigenvalue weighted by molar-refractivity contribution is 5.81. The number of aliphatic hydroxyl groups excluding tert-OH is 4. The van der Waals surface area contributed by atoms with Crippen LogP contribution in [0.2, 0.25) is 0 Å². The molecule has 0 rings (SSSR count). The summed E-state index contributed by atoms with van der Waals surface area (Å²) < 4.78 is 0. The van der Waals surface area contributed by atoms with Crippen molar-refractivity contribution in [1.82, 2.24) is 5.32 Å². The molecule has 0 aliphatic carbocycles. The molecule has 1 amide bonds. The fraction of sp³-hybridized carbons (Fsp3) is 0.966. The smallest absolute Gasteiger partial charge is 0.251 e. The van der Waals surface area contributed by atoms with Crippen LogP contribution in [-0.2, 0) is 4.79 Å². The minimum atomic E-state index is -1.91. The Labute approximate surface area is 226 Å². The lowest BCUT2D eigenvalue weighted by Crippen LogP contribution is -2.52. The number of nitrogens with zero attached hydrogens (tertiary/aromatic N) is 1. The molecule has 0 bridgehead atoms. The van der Waals surface area contributed by atoms with E-state index >= 15 is 0 Å². The van der Waals surface area contributed by atoms with Crippen molar-refractivity contribution in [1.29, 1.82) is 0 Å². The van der Waals surface area contributed by atoms with E-state index in [0.717, 1.165) is 38.5 Å². The zero-order valence-electron chi connectivity index (χ0n) is 23.8. The van der Waals surface area contributed by atoms with Crippen molar-refractivity contribution in [2.45, 2.75) is 173 Å². The van der Waals surface area contributed by atoms with E-state index in [-0.39, 0.29) is 6.04 Å². The molecule has 8 nitrogen and oxygen atoms in total. The fourth-order valence-corrected chi connectivity index (χ4v) is 4.75. The van der Waals surface area contributed by atoms with Crippen molar-refractivity contribution in [3.63, 3.8) is 0 Å². The molecule has 0 saturated heterocycles. The van der Waals surface area contributed by atoms with Crippen molar-refractivity contribution in [2.75, 3.05) is 6.61 Å². The largest absolute Gasteiger partial charge is 0.394 e. The van der Waals surface area contributed by atoms with Gasteiger partial charge in [0.15, 0.2) is 6.10 Å². The van der Waals surface area contributed by atoms with Crippen molar-refractivity contribution in [3.05, 3.63) is 4.91 Å². The molecule has 0 radical (unpaired) electrons. The zero-order chi connectivity index (χ0) is 27.7. The molecule has 0 saturated carbocycles. The predicted molar refractivity (Wildman–Crippen MR) is 150 cm³/mol. The minimum absolute atomic E-state index is 0.113. The summed E-state index contributed by atoms with van der Waals surface area (Å²) in [6, 6.07) is -1.62. The third-order valence-corrected chi connectivity index (χ3v) is 7.32. The third-order valence-electron chi connectivity index (χ3n) is 7.32. The summed E-state index contributed by atoms with van der Waals surface area (Å²) in [5, 5.41) is 44.8. The lowest BCUT2D eigenvalue weighted by Gasteiger charge is -2.26. The third kappa shape index (κ3) is 18.7. The van der Waals surface area contributed by atoms with E-state index in [4.69, 9.17) is 5.11 Å². The molecule has 5 N–H and O–H groups in total. The van der Waals surface area contributed by atoms with Crippen molar-refractivity contribution in [2.24, 2.45) is 5.18 Å². The van der Waals surface area contributed by atoms with Crippen LogP contribution < -0.4 is 5.32 Å². The summed E-state index contributed by atoms with van der Waals surface area (Å²) in [4.78, 5) is 23.3. The van der Waals surface area contributed by atoms with E-state index in [1.165, 1.54) is 89.9 Å². The normalized spacial score (nSPS) is 14.9. The van der Waals surface area contributed by atoms with E-state index in [2.05, 4.69) is 24.3 Å². The summed E-state index contributed by atoms with van der Waals surface area (Å²) in [6.45, 7) is 3.66. The zero-order valence-corrected chi connectivity index (χ0v) is 23.8. The van der Waals surface area contributed by atoms with Crippen LogP contribution in [0.4, 0.5) is 0 Å². The molecule has 37 heavy (non-hydrogen) atoms. The van der Waals surface area contributed by atoms with E-state index in [1.807, 2.05) is 0 Å². The van der Waals surface area contributed by atoms with Crippen molar-refractivity contribution < 1.29 is 25.2 Å². The van der Waals surface area contributed by atoms with Gasteiger partial charge in [-0.1, -0.05) is 135 Å². The van der Waals surface area contributed by atoms with Crippen LogP contribution >= 0.6 is 0 Å². The van der Waals surface area contributed by atoms with Crippen LogP contribution in [0, 0.1) is 4.91 Å². The van der Waals surface area contributed by atoms with E-state index in [0.29, 0.717) is 0 Å². The Kier molecular flexibility index (Phi) is 24.5. The fourth-order valence-electron chi connectivity index (χ4n) is 4.75. The Hall–Kier alpha value is -1.09. The van der Waals surface area contributed by atoms with E-state index in [1.54, 1.807) is 0 Å². The predicted octanol–water partition coefficient (Wildman–Crippen LogP) is 5.52. The van der Waals surface area contributed by atoms with Gasteiger partial charge in [0.05, 0.1) is 6.61 Å². The average Bonchev–Trinajstić information content (AvgIpc) is 2.90. The Balaban J connectivity index is 4.56. The van der Waals surface area contributed by atoms with Gasteiger partial charge >= 0.3 is 0 Å². The molecule has 4 atom stereocenters. The molecule has 0 aliphatic heterocycles. The number of amides is 1. The summed E-state index contributed by atoms with van der Waals surface area (Å²) in [6.07, 6.45) is 17.9. The van der Waals surface area contributed by atoms with Gasteiger partial charge in [-0.15, -0.1) is 0 Å². The van der Waals surface area contributed by atoms with Crippen LogP contribution in [0.25, 0.3) is 0 Å². The van der Waals surface area contributed by atoms with Crippen molar-refractivity contribution in [3.8, 4) is 0 Å². The molecule has 0 aromatic carbocycles. The van der Waals surface area contributed by atoms with Gasteiger partial charge < -0.3 is 25.7 Å².